The second-order valence-corrected chi connectivity index (χ2v) is 10.5. The molecule has 4 nitrogen and oxygen atoms in total. The van der Waals surface area contributed by atoms with Gasteiger partial charge in [0.25, 0.3) is 0 Å². The number of benzene rings is 3. The largest absolute Gasteiger partial charge is 0.361 e. The zero-order chi connectivity index (χ0) is 25.1. The lowest BCUT2D eigenvalue weighted by Gasteiger charge is -2.32. The highest BCUT2D eigenvalue weighted by Gasteiger charge is 2.41. The van der Waals surface area contributed by atoms with Crippen LogP contribution in [0.5, 0.6) is 0 Å². The Kier molecular flexibility index (Phi) is 7.25. The Morgan fingerprint density at radius 3 is 2.72 bits per heavy atom. The highest BCUT2D eigenvalue weighted by atomic mass is 79.9. The fourth-order valence-corrected chi connectivity index (χ4v) is 5.64. The number of unbranched alkanes of at least 4 members (excludes halogenated alkanes) is 1. The zero-order valence-electron chi connectivity index (χ0n) is 20.4. The molecular formula is C30H29BrFN3O. The first-order valence-corrected chi connectivity index (χ1v) is 13.2. The number of aromatic amines is 1. The number of aromatic nitrogens is 1. The Bertz CT molecular complexity index is 1410. The maximum absolute atomic E-state index is 13.7. The van der Waals surface area contributed by atoms with Crippen LogP contribution in [0.25, 0.3) is 10.9 Å². The summed E-state index contributed by atoms with van der Waals surface area (Å²) in [5.41, 5.74) is 5.59. The lowest BCUT2D eigenvalue weighted by molar-refractivity contribution is -0.0167. The van der Waals surface area contributed by atoms with E-state index in [2.05, 4.69) is 63.3 Å². The van der Waals surface area contributed by atoms with E-state index in [-0.39, 0.29) is 5.82 Å². The minimum atomic E-state index is -0.636. The number of nitrogens with zero attached hydrogens (tertiary/aromatic N) is 2. The maximum atomic E-state index is 13.7. The van der Waals surface area contributed by atoms with Crippen molar-refractivity contribution in [1.29, 1.82) is 5.26 Å². The Balaban J connectivity index is 1.23. The smallest absolute Gasteiger partial charge is 0.123 e. The summed E-state index contributed by atoms with van der Waals surface area (Å²) in [6.07, 6.45) is 6.14. The number of rotatable bonds is 9. The minimum Gasteiger partial charge on any atom is -0.361 e. The fourth-order valence-electron chi connectivity index (χ4n) is 5.28. The third-order valence-corrected chi connectivity index (χ3v) is 7.76. The monoisotopic (exact) mass is 545 g/mol. The summed E-state index contributed by atoms with van der Waals surface area (Å²) in [4.78, 5) is 5.72. The summed E-state index contributed by atoms with van der Waals surface area (Å²) in [6, 6.07) is 21.0. The first kappa shape index (κ1) is 24.7. The Morgan fingerprint density at radius 1 is 1.08 bits per heavy atom. The number of aryl methyl sites for hydroxylation is 1. The van der Waals surface area contributed by atoms with E-state index in [1.807, 2.05) is 30.3 Å². The highest BCUT2D eigenvalue weighted by molar-refractivity contribution is 9.10. The minimum absolute atomic E-state index is 0.258. The van der Waals surface area contributed by atoms with Gasteiger partial charge in [-0.25, -0.2) is 4.39 Å². The second-order valence-electron chi connectivity index (χ2n) is 9.62. The maximum Gasteiger partial charge on any atom is 0.123 e. The van der Waals surface area contributed by atoms with Crippen molar-refractivity contribution in [3.05, 3.63) is 105 Å². The molecule has 1 aromatic heterocycles. The summed E-state index contributed by atoms with van der Waals surface area (Å²) < 4.78 is 21.2. The van der Waals surface area contributed by atoms with E-state index in [0.29, 0.717) is 12.2 Å². The van der Waals surface area contributed by atoms with Crippen LogP contribution in [-0.4, -0.2) is 30.0 Å². The Morgan fingerprint density at radius 2 is 1.92 bits per heavy atom. The molecular weight excluding hydrogens is 517 g/mol. The molecule has 1 atom stereocenters. The first-order valence-electron chi connectivity index (χ1n) is 12.4. The fraction of sp³-hybridized carbons (Fsp3) is 0.300. The van der Waals surface area contributed by atoms with Crippen LogP contribution >= 0.6 is 15.9 Å². The van der Waals surface area contributed by atoms with Gasteiger partial charge in [-0.15, -0.1) is 0 Å². The molecule has 2 heterocycles. The van der Waals surface area contributed by atoms with Crippen molar-refractivity contribution in [3.8, 4) is 6.07 Å². The highest BCUT2D eigenvalue weighted by Crippen LogP contribution is 2.45. The molecule has 0 bridgehead atoms. The van der Waals surface area contributed by atoms with Crippen LogP contribution in [0.1, 0.15) is 47.1 Å². The Hall–Kier alpha value is -2.98. The van der Waals surface area contributed by atoms with Crippen LogP contribution in [0, 0.1) is 17.1 Å². The molecule has 0 radical (unpaired) electrons. The number of fused-ring (bicyclic) bond motifs is 2. The van der Waals surface area contributed by atoms with Crippen molar-refractivity contribution in [2.24, 2.45) is 0 Å². The lowest BCUT2D eigenvalue weighted by atomic mass is 9.82. The van der Waals surface area contributed by atoms with Gasteiger partial charge in [0.1, 0.15) is 11.4 Å². The number of halogens is 2. The van der Waals surface area contributed by atoms with Crippen LogP contribution in [0.3, 0.4) is 0 Å². The van der Waals surface area contributed by atoms with Gasteiger partial charge in [0, 0.05) is 28.1 Å². The van der Waals surface area contributed by atoms with Crippen LogP contribution in [0.15, 0.2) is 71.3 Å². The van der Waals surface area contributed by atoms with E-state index >= 15 is 0 Å². The Labute approximate surface area is 219 Å². The van der Waals surface area contributed by atoms with E-state index < -0.39 is 5.60 Å². The van der Waals surface area contributed by atoms with Crippen molar-refractivity contribution in [2.45, 2.75) is 37.9 Å². The molecule has 0 saturated heterocycles. The van der Waals surface area contributed by atoms with Gasteiger partial charge in [-0.3, -0.25) is 0 Å². The van der Waals surface area contributed by atoms with Crippen molar-refractivity contribution < 1.29 is 9.13 Å². The molecule has 184 valence electrons. The average Bonchev–Trinajstić information content (AvgIpc) is 3.47. The predicted octanol–water partition coefficient (Wildman–Crippen LogP) is 7.06. The van der Waals surface area contributed by atoms with Crippen LogP contribution in [0.4, 0.5) is 4.39 Å². The average molecular weight is 546 g/mol. The van der Waals surface area contributed by atoms with Crippen molar-refractivity contribution in [1.82, 2.24) is 9.88 Å². The molecule has 3 aromatic carbocycles. The van der Waals surface area contributed by atoms with Gasteiger partial charge in [0.05, 0.1) is 18.2 Å². The van der Waals surface area contributed by atoms with Crippen molar-refractivity contribution in [2.75, 3.05) is 20.1 Å². The molecule has 0 fully saturated rings. The predicted molar refractivity (Wildman–Crippen MR) is 144 cm³/mol. The number of ether oxygens (including phenoxy) is 1. The van der Waals surface area contributed by atoms with E-state index in [1.165, 1.54) is 28.6 Å². The molecule has 0 saturated carbocycles. The first-order chi connectivity index (χ1) is 17.5. The molecule has 1 unspecified atom stereocenters. The van der Waals surface area contributed by atoms with Crippen molar-refractivity contribution >= 4 is 26.8 Å². The molecule has 1 N–H and O–H groups in total. The summed E-state index contributed by atoms with van der Waals surface area (Å²) in [7, 11) is 2.15. The zero-order valence-corrected chi connectivity index (χ0v) is 21.9. The third kappa shape index (κ3) is 4.97. The standard InChI is InChI=1S/C30H29BrFN3O/c1-35(14-3-2-4-22-19-34-29-12-8-25(31)17-27(22)29)15-13-30(24-6-9-26(32)10-7-24)28-11-5-21(18-33)16-23(28)20-36-30/h5-12,16-17,19,34H,2-4,13-15,20H2,1H3. The van der Waals surface area contributed by atoms with Gasteiger partial charge >= 0.3 is 0 Å². The molecule has 1 aliphatic heterocycles. The second kappa shape index (κ2) is 10.6. The quantitative estimate of drug-likeness (QED) is 0.229. The van der Waals surface area contributed by atoms with Gasteiger partial charge in [-0.05, 0) is 104 Å². The summed E-state index contributed by atoms with van der Waals surface area (Å²) in [5, 5.41) is 10.6. The molecule has 0 spiro atoms. The molecule has 4 aromatic rings. The van der Waals surface area contributed by atoms with Gasteiger partial charge < -0.3 is 14.6 Å². The van der Waals surface area contributed by atoms with Gasteiger partial charge in [-0.1, -0.05) is 34.1 Å². The molecule has 36 heavy (non-hydrogen) atoms. The number of nitriles is 1. The number of hydrogen-bond donors (Lipinski definition) is 1. The van der Waals surface area contributed by atoms with E-state index in [1.54, 1.807) is 0 Å². The molecule has 0 amide bonds. The third-order valence-electron chi connectivity index (χ3n) is 7.27. The van der Waals surface area contributed by atoms with Crippen LogP contribution in [0.2, 0.25) is 0 Å². The van der Waals surface area contributed by atoms with Gasteiger partial charge in [0.2, 0.25) is 0 Å². The normalized spacial score (nSPS) is 17.0. The van der Waals surface area contributed by atoms with Crippen molar-refractivity contribution in [3.63, 3.8) is 0 Å². The summed E-state index contributed by atoms with van der Waals surface area (Å²) in [6.45, 7) is 2.29. The van der Waals surface area contributed by atoms with Gasteiger partial charge in [0.15, 0.2) is 0 Å². The number of nitrogens with one attached hydrogen (secondary N) is 1. The molecule has 6 heteroatoms. The van der Waals surface area contributed by atoms with Gasteiger partial charge in [-0.2, -0.15) is 5.26 Å². The lowest BCUT2D eigenvalue weighted by Crippen LogP contribution is -2.33. The number of H-pyrrole nitrogens is 1. The summed E-state index contributed by atoms with van der Waals surface area (Å²) in [5.74, 6) is -0.258. The topological polar surface area (TPSA) is 52.0 Å². The molecule has 0 aliphatic carbocycles. The SMILES string of the molecule is CN(CCCCc1c[nH]c2ccc(Br)cc12)CCC1(c2ccc(F)cc2)OCc2cc(C#N)ccc21. The van der Waals surface area contributed by atoms with E-state index in [4.69, 9.17) is 4.74 Å². The van der Waals surface area contributed by atoms with Crippen LogP contribution in [-0.2, 0) is 23.4 Å². The molecule has 5 rings (SSSR count). The molecule has 1 aliphatic rings. The van der Waals surface area contributed by atoms with E-state index in [9.17, 15) is 9.65 Å². The van der Waals surface area contributed by atoms with Crippen LogP contribution < -0.4 is 0 Å². The number of hydrogen-bond acceptors (Lipinski definition) is 3. The van der Waals surface area contributed by atoms with E-state index in [0.717, 1.165) is 59.9 Å². The summed E-state index contributed by atoms with van der Waals surface area (Å²) >= 11 is 3.58.